The maximum Gasteiger partial charge on any atom is 0.277 e. The maximum absolute atomic E-state index is 13.9. The standard InChI is InChI=1S/C19H17F3N4O5/c1-2-24-7-25-6-10(27)14-11(16(28)17(29)15(19(24)31)26(14)25)18(30)23-5-8-3-4-9(20)13(22)12(8)21/h3-4,10,27,29H,2,5-7H2,1H3,(H,23,30). The molecule has 1 atom stereocenters. The first-order chi connectivity index (χ1) is 14.7. The van der Waals surface area contributed by atoms with Crippen molar-refractivity contribution in [2.75, 3.05) is 24.8 Å². The van der Waals surface area contributed by atoms with E-state index in [-0.39, 0.29) is 36.7 Å². The predicted octanol–water partition coefficient (Wildman–Crippen LogP) is 0.319. The van der Waals surface area contributed by atoms with Crippen LogP contribution < -0.4 is 15.8 Å². The molecule has 0 fully saturated rings. The fourth-order valence-corrected chi connectivity index (χ4v) is 3.79. The number of carbonyl (C=O) groups excluding carboxylic acids is 2. The fraction of sp³-hybridized carbons (Fsp3) is 0.316. The first-order valence-corrected chi connectivity index (χ1v) is 9.32. The third-order valence-electron chi connectivity index (χ3n) is 5.33. The Morgan fingerprint density at radius 3 is 2.61 bits per heavy atom. The van der Waals surface area contributed by atoms with Gasteiger partial charge in [-0.05, 0) is 13.0 Å². The van der Waals surface area contributed by atoms with Gasteiger partial charge in [-0.25, -0.2) is 17.8 Å². The van der Waals surface area contributed by atoms with Gasteiger partial charge in [-0.15, -0.1) is 0 Å². The molecule has 0 saturated carbocycles. The number of nitrogens with zero attached hydrogens (tertiary/aromatic N) is 3. The highest BCUT2D eigenvalue weighted by atomic mass is 19.2. The van der Waals surface area contributed by atoms with E-state index in [1.165, 1.54) is 9.91 Å². The summed E-state index contributed by atoms with van der Waals surface area (Å²) in [5.74, 6) is -7.28. The molecule has 1 aromatic carbocycles. The number of hydrogen-bond acceptors (Lipinski definition) is 6. The van der Waals surface area contributed by atoms with E-state index in [1.54, 1.807) is 6.92 Å². The quantitative estimate of drug-likeness (QED) is 0.593. The van der Waals surface area contributed by atoms with Crippen molar-refractivity contribution in [2.24, 2.45) is 0 Å². The van der Waals surface area contributed by atoms with Crippen molar-refractivity contribution in [3.8, 4) is 5.75 Å². The summed E-state index contributed by atoms with van der Waals surface area (Å²) >= 11 is 0. The molecule has 3 N–H and O–H groups in total. The maximum atomic E-state index is 13.9. The van der Waals surface area contributed by atoms with Crippen LogP contribution in [0.25, 0.3) is 0 Å². The highest BCUT2D eigenvalue weighted by molar-refractivity contribution is 6.00. The third-order valence-corrected chi connectivity index (χ3v) is 5.33. The number of benzene rings is 1. The summed E-state index contributed by atoms with van der Waals surface area (Å²) in [4.78, 5) is 39.5. The number of rotatable bonds is 4. The SMILES string of the molecule is CCN1CN2CC(O)c3c(C(=O)NCc4ccc(F)c(F)c4F)c(=O)c(O)c(n32)C1=O. The van der Waals surface area contributed by atoms with E-state index in [1.807, 2.05) is 0 Å². The molecule has 3 heterocycles. The van der Waals surface area contributed by atoms with Crippen molar-refractivity contribution >= 4 is 11.8 Å². The number of carbonyl (C=O) groups is 2. The van der Waals surface area contributed by atoms with Crippen LogP contribution in [0.2, 0.25) is 0 Å². The summed E-state index contributed by atoms with van der Waals surface area (Å²) in [5, 5.41) is 24.6. The smallest absolute Gasteiger partial charge is 0.277 e. The summed E-state index contributed by atoms with van der Waals surface area (Å²) in [7, 11) is 0. The number of amides is 2. The lowest BCUT2D eigenvalue weighted by molar-refractivity contribution is 0.0700. The Balaban J connectivity index is 1.75. The molecule has 12 heteroatoms. The van der Waals surface area contributed by atoms with Crippen molar-refractivity contribution in [2.45, 2.75) is 19.6 Å². The zero-order valence-corrected chi connectivity index (χ0v) is 16.2. The number of pyridine rings is 1. The highest BCUT2D eigenvalue weighted by Crippen LogP contribution is 2.33. The molecule has 2 amide bonds. The molecule has 31 heavy (non-hydrogen) atoms. The summed E-state index contributed by atoms with van der Waals surface area (Å²) in [6, 6.07) is 1.62. The summed E-state index contributed by atoms with van der Waals surface area (Å²) < 4.78 is 41.5. The van der Waals surface area contributed by atoms with Gasteiger partial charge < -0.3 is 20.4 Å². The molecule has 1 unspecified atom stereocenters. The normalized spacial score (nSPS) is 17.2. The molecule has 9 nitrogen and oxygen atoms in total. The molecule has 2 aromatic rings. The molecule has 2 aliphatic rings. The van der Waals surface area contributed by atoms with Crippen LogP contribution in [0.5, 0.6) is 5.75 Å². The largest absolute Gasteiger partial charge is 0.502 e. The van der Waals surface area contributed by atoms with Gasteiger partial charge in [0.2, 0.25) is 5.43 Å². The Bertz CT molecular complexity index is 1180. The van der Waals surface area contributed by atoms with Crippen LogP contribution >= 0.6 is 0 Å². The second-order valence-electron chi connectivity index (χ2n) is 7.12. The molecule has 1 aromatic heterocycles. The number of hydrogen-bond donors (Lipinski definition) is 3. The number of aliphatic hydroxyl groups excluding tert-OH is 1. The van der Waals surface area contributed by atoms with Crippen molar-refractivity contribution < 1.29 is 33.0 Å². The number of nitrogens with one attached hydrogen (secondary N) is 1. The van der Waals surface area contributed by atoms with E-state index >= 15 is 0 Å². The van der Waals surface area contributed by atoms with Gasteiger partial charge in [0.25, 0.3) is 11.8 Å². The van der Waals surface area contributed by atoms with Crippen molar-refractivity contribution in [1.82, 2.24) is 14.9 Å². The fourth-order valence-electron chi connectivity index (χ4n) is 3.79. The van der Waals surface area contributed by atoms with Crippen LogP contribution in [-0.2, 0) is 6.54 Å². The van der Waals surface area contributed by atoms with Crippen LogP contribution in [0.15, 0.2) is 16.9 Å². The van der Waals surface area contributed by atoms with Crippen LogP contribution in [-0.4, -0.2) is 51.4 Å². The van der Waals surface area contributed by atoms with Gasteiger partial charge >= 0.3 is 0 Å². The average Bonchev–Trinajstić information content (AvgIpc) is 3.06. The van der Waals surface area contributed by atoms with E-state index in [9.17, 15) is 37.8 Å². The predicted molar refractivity (Wildman–Crippen MR) is 99.5 cm³/mol. The lowest BCUT2D eigenvalue weighted by Gasteiger charge is -2.36. The van der Waals surface area contributed by atoms with Crippen molar-refractivity contribution in [3.05, 3.63) is 62.3 Å². The summed E-state index contributed by atoms with van der Waals surface area (Å²) in [6.07, 6.45) is -1.32. The molecule has 0 bridgehead atoms. The van der Waals surface area contributed by atoms with E-state index in [2.05, 4.69) is 5.32 Å². The first kappa shape index (κ1) is 20.7. The Kier molecular flexibility index (Phi) is 4.88. The number of aliphatic hydroxyl groups is 1. The zero-order chi connectivity index (χ0) is 22.6. The van der Waals surface area contributed by atoms with E-state index in [4.69, 9.17) is 0 Å². The zero-order valence-electron chi connectivity index (χ0n) is 16.2. The monoisotopic (exact) mass is 438 g/mol. The molecule has 0 spiro atoms. The second kappa shape index (κ2) is 7.30. The van der Waals surface area contributed by atoms with E-state index < -0.39 is 58.7 Å². The number of halogens is 3. The van der Waals surface area contributed by atoms with Crippen molar-refractivity contribution in [1.29, 1.82) is 0 Å². The molecular weight excluding hydrogens is 421 g/mol. The first-order valence-electron chi connectivity index (χ1n) is 9.32. The Morgan fingerprint density at radius 2 is 1.94 bits per heavy atom. The van der Waals surface area contributed by atoms with Crippen LogP contribution in [0.4, 0.5) is 13.2 Å². The van der Waals surface area contributed by atoms with Gasteiger partial charge in [0, 0.05) is 18.7 Å². The summed E-state index contributed by atoms with van der Waals surface area (Å²) in [6.45, 7) is 1.42. The molecule has 2 aliphatic heterocycles. The minimum atomic E-state index is -1.71. The third kappa shape index (κ3) is 3.02. The van der Waals surface area contributed by atoms with Crippen molar-refractivity contribution in [3.63, 3.8) is 0 Å². The highest BCUT2D eigenvalue weighted by Gasteiger charge is 2.43. The Hall–Kier alpha value is -3.54. The van der Waals surface area contributed by atoms with E-state index in [0.29, 0.717) is 6.07 Å². The van der Waals surface area contributed by atoms with Gasteiger partial charge in [-0.2, -0.15) is 0 Å². The van der Waals surface area contributed by atoms with E-state index in [0.717, 1.165) is 10.7 Å². The molecule has 164 valence electrons. The summed E-state index contributed by atoms with van der Waals surface area (Å²) in [5.41, 5.74) is -2.74. The van der Waals surface area contributed by atoms with Crippen LogP contribution in [0.3, 0.4) is 0 Å². The Morgan fingerprint density at radius 1 is 1.23 bits per heavy atom. The lowest BCUT2D eigenvalue weighted by Crippen LogP contribution is -2.52. The number of aromatic hydroxyl groups is 1. The molecule has 0 radical (unpaired) electrons. The van der Waals surface area contributed by atoms with Gasteiger partial charge in [-0.3, -0.25) is 19.4 Å². The average molecular weight is 438 g/mol. The molecular formula is C19H17F3N4O5. The second-order valence-corrected chi connectivity index (χ2v) is 7.12. The Labute approximate surface area is 172 Å². The molecule has 0 saturated heterocycles. The number of aromatic nitrogens is 1. The van der Waals surface area contributed by atoms with Crippen LogP contribution in [0, 0.1) is 17.5 Å². The molecule has 4 rings (SSSR count). The van der Waals surface area contributed by atoms with Crippen LogP contribution in [0.1, 0.15) is 45.1 Å². The van der Waals surface area contributed by atoms with Gasteiger partial charge in [0.05, 0.1) is 12.2 Å². The van der Waals surface area contributed by atoms with Gasteiger partial charge in [0.15, 0.2) is 28.9 Å². The lowest BCUT2D eigenvalue weighted by atomic mass is 10.1. The minimum Gasteiger partial charge on any atom is -0.502 e. The topological polar surface area (TPSA) is 115 Å². The minimum absolute atomic E-state index is 0.0439. The van der Waals surface area contributed by atoms with Gasteiger partial charge in [0.1, 0.15) is 18.3 Å². The molecule has 0 aliphatic carbocycles. The van der Waals surface area contributed by atoms with Gasteiger partial charge in [-0.1, -0.05) is 6.07 Å².